The van der Waals surface area contributed by atoms with Crippen molar-refractivity contribution in [3.8, 4) is 0 Å². The van der Waals surface area contributed by atoms with Crippen LogP contribution in [0.4, 0.5) is 10.3 Å². The summed E-state index contributed by atoms with van der Waals surface area (Å²) in [5.41, 5.74) is 0.987. The Labute approximate surface area is 114 Å². The molecule has 1 N–H and O–H groups in total. The molecule has 0 atom stereocenters. The van der Waals surface area contributed by atoms with Gasteiger partial charge in [-0.25, -0.2) is 4.39 Å². The molecule has 0 spiro atoms. The Morgan fingerprint density at radius 2 is 2.16 bits per heavy atom. The molecule has 2 rings (SSSR count). The highest BCUT2D eigenvalue weighted by atomic mass is 35.5. The van der Waals surface area contributed by atoms with Gasteiger partial charge in [-0.05, 0) is 24.1 Å². The normalized spacial score (nSPS) is 10.8. The van der Waals surface area contributed by atoms with Crippen molar-refractivity contribution in [2.24, 2.45) is 0 Å². The fourth-order valence-electron chi connectivity index (χ4n) is 1.44. The quantitative estimate of drug-likeness (QED) is 0.930. The van der Waals surface area contributed by atoms with Crippen LogP contribution in [-0.4, -0.2) is 11.1 Å². The van der Waals surface area contributed by atoms with Gasteiger partial charge in [0.1, 0.15) is 5.82 Å². The van der Waals surface area contributed by atoms with Gasteiger partial charge in [0.2, 0.25) is 5.88 Å². The summed E-state index contributed by atoms with van der Waals surface area (Å²) < 4.78 is 18.0. The monoisotopic (exact) mass is 282 g/mol. The van der Waals surface area contributed by atoms with Gasteiger partial charge in [0.25, 0.3) is 5.91 Å². The molecule has 0 aliphatic rings. The number of benzene rings is 1. The molecule has 0 aliphatic carbocycles. The van der Waals surface area contributed by atoms with E-state index in [2.05, 4.69) is 10.5 Å². The SMILES string of the molecule is CC(C)c1cc(NC(=O)c2ccc(F)c(Cl)c2)on1. The van der Waals surface area contributed by atoms with E-state index in [4.69, 9.17) is 16.1 Å². The molecule has 0 unspecified atom stereocenters. The summed E-state index contributed by atoms with van der Waals surface area (Å²) in [6.45, 7) is 3.92. The van der Waals surface area contributed by atoms with Crippen molar-refractivity contribution in [2.75, 3.05) is 5.32 Å². The van der Waals surface area contributed by atoms with E-state index < -0.39 is 11.7 Å². The molecule has 1 aromatic heterocycles. The predicted octanol–water partition coefficient (Wildman–Crippen LogP) is 3.84. The van der Waals surface area contributed by atoms with Crippen LogP contribution in [0, 0.1) is 5.82 Å². The zero-order valence-corrected chi connectivity index (χ0v) is 11.2. The van der Waals surface area contributed by atoms with Crippen molar-refractivity contribution < 1.29 is 13.7 Å². The van der Waals surface area contributed by atoms with Crippen molar-refractivity contribution in [1.82, 2.24) is 5.16 Å². The molecule has 0 fully saturated rings. The Morgan fingerprint density at radius 1 is 1.42 bits per heavy atom. The molecular formula is C13H12ClFN2O2. The zero-order valence-electron chi connectivity index (χ0n) is 10.4. The van der Waals surface area contributed by atoms with E-state index in [-0.39, 0.29) is 22.4 Å². The van der Waals surface area contributed by atoms with E-state index in [1.807, 2.05) is 13.8 Å². The highest BCUT2D eigenvalue weighted by molar-refractivity contribution is 6.31. The molecule has 19 heavy (non-hydrogen) atoms. The lowest BCUT2D eigenvalue weighted by Crippen LogP contribution is -2.11. The minimum absolute atomic E-state index is 0.104. The first-order valence-corrected chi connectivity index (χ1v) is 6.08. The lowest BCUT2D eigenvalue weighted by molar-refractivity contribution is 0.102. The predicted molar refractivity (Wildman–Crippen MR) is 70.0 cm³/mol. The van der Waals surface area contributed by atoms with Gasteiger partial charge < -0.3 is 4.52 Å². The summed E-state index contributed by atoms with van der Waals surface area (Å²) >= 11 is 5.62. The van der Waals surface area contributed by atoms with E-state index >= 15 is 0 Å². The number of aromatic nitrogens is 1. The van der Waals surface area contributed by atoms with Crippen LogP contribution in [0.5, 0.6) is 0 Å². The third kappa shape index (κ3) is 3.12. The number of nitrogens with zero attached hydrogens (tertiary/aromatic N) is 1. The summed E-state index contributed by atoms with van der Waals surface area (Å²) in [6, 6.07) is 5.38. The molecule has 0 saturated carbocycles. The molecule has 0 bridgehead atoms. The van der Waals surface area contributed by atoms with Crippen LogP contribution in [0.3, 0.4) is 0 Å². The molecule has 0 aliphatic heterocycles. The van der Waals surface area contributed by atoms with Gasteiger partial charge in [-0.1, -0.05) is 30.6 Å². The average Bonchev–Trinajstić information content (AvgIpc) is 2.81. The van der Waals surface area contributed by atoms with Gasteiger partial charge in [-0.3, -0.25) is 10.1 Å². The maximum Gasteiger partial charge on any atom is 0.258 e. The molecule has 2 aromatic rings. The van der Waals surface area contributed by atoms with Crippen molar-refractivity contribution in [2.45, 2.75) is 19.8 Å². The minimum atomic E-state index is -0.569. The number of halogens is 2. The van der Waals surface area contributed by atoms with Gasteiger partial charge >= 0.3 is 0 Å². The standard InChI is InChI=1S/C13H12ClFN2O2/c1-7(2)11-6-12(19-17-11)16-13(18)8-3-4-10(15)9(14)5-8/h3-7H,1-2H3,(H,16,18). The van der Waals surface area contributed by atoms with Gasteiger partial charge in [-0.15, -0.1) is 0 Å². The topological polar surface area (TPSA) is 55.1 Å². The Morgan fingerprint density at radius 3 is 2.74 bits per heavy atom. The fourth-order valence-corrected chi connectivity index (χ4v) is 1.62. The Hall–Kier alpha value is -1.88. The number of carbonyl (C=O) groups excluding carboxylic acids is 1. The van der Waals surface area contributed by atoms with Crippen molar-refractivity contribution in [1.29, 1.82) is 0 Å². The third-order valence-corrected chi connectivity index (χ3v) is 2.83. The van der Waals surface area contributed by atoms with Gasteiger partial charge in [-0.2, -0.15) is 0 Å². The highest BCUT2D eigenvalue weighted by Gasteiger charge is 2.13. The Kier molecular flexibility index (Phi) is 3.85. The number of anilines is 1. The lowest BCUT2D eigenvalue weighted by atomic mass is 10.1. The highest BCUT2D eigenvalue weighted by Crippen LogP contribution is 2.20. The van der Waals surface area contributed by atoms with Crippen LogP contribution in [0.25, 0.3) is 0 Å². The fraction of sp³-hybridized carbons (Fsp3) is 0.231. The van der Waals surface area contributed by atoms with Gasteiger partial charge in [0.05, 0.1) is 10.7 Å². The van der Waals surface area contributed by atoms with Gasteiger partial charge in [0.15, 0.2) is 0 Å². The van der Waals surface area contributed by atoms with E-state index in [1.54, 1.807) is 6.07 Å². The van der Waals surface area contributed by atoms with Crippen LogP contribution in [0.1, 0.15) is 35.8 Å². The summed E-state index contributed by atoms with van der Waals surface area (Å²) in [5.74, 6) is -0.558. The molecule has 100 valence electrons. The summed E-state index contributed by atoms with van der Waals surface area (Å²) in [7, 11) is 0. The maximum absolute atomic E-state index is 13.0. The average molecular weight is 283 g/mol. The second-order valence-electron chi connectivity index (χ2n) is 4.35. The summed E-state index contributed by atoms with van der Waals surface area (Å²) in [4.78, 5) is 11.9. The van der Waals surface area contributed by atoms with E-state index in [9.17, 15) is 9.18 Å². The number of hydrogen-bond donors (Lipinski definition) is 1. The largest absolute Gasteiger partial charge is 0.338 e. The lowest BCUT2D eigenvalue weighted by Gasteiger charge is -2.02. The number of hydrogen-bond acceptors (Lipinski definition) is 3. The van der Waals surface area contributed by atoms with E-state index in [0.29, 0.717) is 0 Å². The van der Waals surface area contributed by atoms with E-state index in [1.165, 1.54) is 12.1 Å². The Balaban J connectivity index is 2.13. The van der Waals surface area contributed by atoms with Crippen LogP contribution >= 0.6 is 11.6 Å². The zero-order chi connectivity index (χ0) is 14.0. The third-order valence-electron chi connectivity index (χ3n) is 2.54. The molecule has 1 heterocycles. The van der Waals surface area contributed by atoms with Crippen molar-refractivity contribution >= 4 is 23.4 Å². The van der Waals surface area contributed by atoms with Crippen molar-refractivity contribution in [3.05, 3.63) is 46.4 Å². The molecule has 0 saturated heterocycles. The second kappa shape index (κ2) is 5.40. The minimum Gasteiger partial charge on any atom is -0.338 e. The number of amides is 1. The van der Waals surface area contributed by atoms with E-state index in [0.717, 1.165) is 11.8 Å². The van der Waals surface area contributed by atoms with Crippen LogP contribution in [0.2, 0.25) is 5.02 Å². The first kappa shape index (κ1) is 13.5. The Bertz CT molecular complexity index is 610. The maximum atomic E-state index is 13.0. The van der Waals surface area contributed by atoms with Crippen LogP contribution in [-0.2, 0) is 0 Å². The smallest absolute Gasteiger partial charge is 0.258 e. The molecule has 1 aromatic carbocycles. The van der Waals surface area contributed by atoms with Crippen LogP contribution < -0.4 is 5.32 Å². The number of nitrogens with one attached hydrogen (secondary N) is 1. The second-order valence-corrected chi connectivity index (χ2v) is 4.76. The molecule has 4 nitrogen and oxygen atoms in total. The van der Waals surface area contributed by atoms with Crippen molar-refractivity contribution in [3.63, 3.8) is 0 Å². The summed E-state index contributed by atoms with van der Waals surface area (Å²) in [5, 5.41) is 6.25. The first-order chi connectivity index (χ1) is 8.97. The first-order valence-electron chi connectivity index (χ1n) is 5.70. The number of carbonyl (C=O) groups is 1. The summed E-state index contributed by atoms with van der Waals surface area (Å²) in [6.07, 6.45) is 0. The molecule has 1 amide bonds. The molecule has 6 heteroatoms. The van der Waals surface area contributed by atoms with Crippen LogP contribution in [0.15, 0.2) is 28.8 Å². The molecular weight excluding hydrogens is 271 g/mol. The number of rotatable bonds is 3. The van der Waals surface area contributed by atoms with Gasteiger partial charge in [0, 0.05) is 11.6 Å². The molecule has 0 radical (unpaired) electrons.